The molecule has 0 bridgehead atoms. The van der Waals surface area contributed by atoms with Crippen molar-refractivity contribution in [2.24, 2.45) is 0 Å². The van der Waals surface area contributed by atoms with Crippen LogP contribution in [0.15, 0.2) is 12.4 Å². The summed E-state index contributed by atoms with van der Waals surface area (Å²) in [6, 6.07) is -0.120. The number of anilines is 1. The van der Waals surface area contributed by atoms with Crippen molar-refractivity contribution in [2.45, 2.75) is 57.5 Å². The van der Waals surface area contributed by atoms with Crippen molar-refractivity contribution in [3.8, 4) is 0 Å². The van der Waals surface area contributed by atoms with Gasteiger partial charge in [0.1, 0.15) is 0 Å². The van der Waals surface area contributed by atoms with Crippen LogP contribution in [0.5, 0.6) is 0 Å². The Morgan fingerprint density at radius 3 is 2.48 bits per heavy atom. The highest BCUT2D eigenvalue weighted by Gasteiger charge is 2.52. The second kappa shape index (κ2) is 7.35. The zero-order chi connectivity index (χ0) is 19.8. The molecule has 0 spiro atoms. The van der Waals surface area contributed by atoms with Crippen molar-refractivity contribution in [3.63, 3.8) is 0 Å². The molecule has 10 heteroatoms. The van der Waals surface area contributed by atoms with Gasteiger partial charge < -0.3 is 29.7 Å². The predicted molar refractivity (Wildman–Crippen MR) is 99.6 cm³/mol. The number of amides is 1. The van der Waals surface area contributed by atoms with Gasteiger partial charge in [-0.1, -0.05) is 0 Å². The Kier molecular flexibility index (Phi) is 5.44. The number of nitrogens with one attached hydrogen (secondary N) is 1. The highest BCUT2D eigenvalue weighted by molar-refractivity contribution is 6.61. The summed E-state index contributed by atoms with van der Waals surface area (Å²) in [7, 11) is -0.505. The summed E-state index contributed by atoms with van der Waals surface area (Å²) in [6.45, 7) is 8.62. The second-order valence-electron chi connectivity index (χ2n) is 8.04. The molecule has 3 rings (SSSR count). The van der Waals surface area contributed by atoms with Gasteiger partial charge in [-0.3, -0.25) is 4.79 Å². The SMILES string of the molecule is CC1(C)OB(c2cnc(N3CCC(NC(=O)C(O)CO)C3)nc2)OC1(C)C. The van der Waals surface area contributed by atoms with Gasteiger partial charge in [0.25, 0.3) is 5.91 Å². The lowest BCUT2D eigenvalue weighted by atomic mass is 9.81. The quantitative estimate of drug-likeness (QED) is 0.549. The molecule has 3 N–H and O–H groups in total. The van der Waals surface area contributed by atoms with E-state index in [9.17, 15) is 9.90 Å². The van der Waals surface area contributed by atoms with Crippen molar-refractivity contribution in [1.29, 1.82) is 0 Å². The van der Waals surface area contributed by atoms with Gasteiger partial charge in [0.2, 0.25) is 5.95 Å². The summed E-state index contributed by atoms with van der Waals surface area (Å²) in [5.74, 6) is -0.00361. The fraction of sp³-hybridized carbons (Fsp3) is 0.706. The summed E-state index contributed by atoms with van der Waals surface area (Å²) in [5.41, 5.74) is -0.0846. The number of rotatable bonds is 5. The third-order valence-electron chi connectivity index (χ3n) is 5.48. The van der Waals surface area contributed by atoms with E-state index in [2.05, 4.69) is 15.3 Å². The van der Waals surface area contributed by atoms with E-state index in [1.807, 2.05) is 32.6 Å². The number of carbonyl (C=O) groups excluding carboxylic acids is 1. The van der Waals surface area contributed by atoms with Crippen molar-refractivity contribution >= 4 is 24.4 Å². The molecule has 148 valence electrons. The smallest absolute Gasteiger partial charge is 0.399 e. The second-order valence-corrected chi connectivity index (χ2v) is 8.04. The topological polar surface area (TPSA) is 117 Å². The zero-order valence-corrected chi connectivity index (χ0v) is 16.2. The van der Waals surface area contributed by atoms with Crippen molar-refractivity contribution in [2.75, 3.05) is 24.6 Å². The summed E-state index contributed by atoms with van der Waals surface area (Å²) in [6.07, 6.45) is 2.72. The summed E-state index contributed by atoms with van der Waals surface area (Å²) < 4.78 is 12.0. The first-order valence-corrected chi connectivity index (χ1v) is 9.15. The van der Waals surface area contributed by atoms with Crippen molar-refractivity contribution in [1.82, 2.24) is 15.3 Å². The third-order valence-corrected chi connectivity index (χ3v) is 5.48. The van der Waals surface area contributed by atoms with Gasteiger partial charge in [0.05, 0.1) is 17.8 Å². The molecule has 1 aromatic rings. The van der Waals surface area contributed by atoms with Crippen LogP contribution in [0, 0.1) is 0 Å². The Bertz CT molecular complexity index is 668. The van der Waals surface area contributed by atoms with Crippen molar-refractivity contribution < 1.29 is 24.3 Å². The van der Waals surface area contributed by atoms with Crippen LogP contribution >= 0.6 is 0 Å². The van der Waals surface area contributed by atoms with Crippen LogP contribution < -0.4 is 15.7 Å². The van der Waals surface area contributed by atoms with E-state index in [0.717, 1.165) is 5.46 Å². The number of carbonyl (C=O) groups is 1. The number of aliphatic hydroxyl groups excluding tert-OH is 2. The zero-order valence-electron chi connectivity index (χ0n) is 16.2. The van der Waals surface area contributed by atoms with E-state index < -0.39 is 36.9 Å². The first-order valence-electron chi connectivity index (χ1n) is 9.15. The first kappa shape index (κ1) is 20.0. The molecular weight excluding hydrogens is 351 g/mol. The van der Waals surface area contributed by atoms with Crippen LogP contribution in [-0.4, -0.2) is 76.3 Å². The van der Waals surface area contributed by atoms with E-state index in [1.54, 1.807) is 12.4 Å². The molecule has 9 nitrogen and oxygen atoms in total. The number of hydrogen-bond donors (Lipinski definition) is 3. The number of hydrogen-bond acceptors (Lipinski definition) is 8. The lowest BCUT2D eigenvalue weighted by Gasteiger charge is -2.32. The number of nitrogens with zero attached hydrogens (tertiary/aromatic N) is 3. The van der Waals surface area contributed by atoms with Gasteiger partial charge >= 0.3 is 7.12 Å². The lowest BCUT2D eigenvalue weighted by Crippen LogP contribution is -2.44. The molecule has 2 atom stereocenters. The van der Waals surface area contributed by atoms with E-state index in [1.165, 1.54) is 0 Å². The molecule has 2 fully saturated rings. The minimum atomic E-state index is -1.39. The Morgan fingerprint density at radius 1 is 1.33 bits per heavy atom. The van der Waals surface area contributed by atoms with Gasteiger partial charge in [-0.2, -0.15) is 0 Å². The Labute approximate surface area is 159 Å². The third kappa shape index (κ3) is 4.08. The summed E-state index contributed by atoms with van der Waals surface area (Å²) in [4.78, 5) is 22.5. The van der Waals surface area contributed by atoms with Gasteiger partial charge in [0.15, 0.2) is 6.10 Å². The molecule has 0 aromatic carbocycles. The normalized spacial score (nSPS) is 24.9. The standard InChI is InChI=1S/C17H27BN4O5/c1-16(2)17(3,4)27-18(26-16)11-7-19-15(20-8-11)22-6-5-12(9-22)21-14(25)13(24)10-23/h7-8,12-13,23-24H,5-6,9-10H2,1-4H3,(H,21,25). The molecule has 27 heavy (non-hydrogen) atoms. The first-order chi connectivity index (χ1) is 12.6. The maximum atomic E-state index is 11.7. The molecule has 2 saturated heterocycles. The molecule has 0 radical (unpaired) electrons. The summed E-state index contributed by atoms with van der Waals surface area (Å²) >= 11 is 0. The maximum absolute atomic E-state index is 11.7. The van der Waals surface area contributed by atoms with Gasteiger partial charge in [-0.15, -0.1) is 0 Å². The van der Waals surface area contributed by atoms with Crippen molar-refractivity contribution in [3.05, 3.63) is 12.4 Å². The van der Waals surface area contributed by atoms with Gasteiger partial charge in [-0.25, -0.2) is 9.97 Å². The average Bonchev–Trinajstić information content (AvgIpc) is 3.16. The molecule has 2 aliphatic rings. The summed E-state index contributed by atoms with van der Waals surface area (Å²) in [5, 5.41) is 20.9. The fourth-order valence-electron chi connectivity index (χ4n) is 3.04. The van der Waals surface area contributed by atoms with Crippen LogP contribution in [0.4, 0.5) is 5.95 Å². The Balaban J connectivity index is 1.60. The highest BCUT2D eigenvalue weighted by atomic mass is 16.7. The van der Waals surface area contributed by atoms with E-state index in [-0.39, 0.29) is 6.04 Å². The number of aromatic nitrogens is 2. The van der Waals surface area contributed by atoms with Gasteiger partial charge in [0, 0.05) is 37.0 Å². The molecule has 0 saturated carbocycles. The van der Waals surface area contributed by atoms with E-state index in [0.29, 0.717) is 25.5 Å². The highest BCUT2D eigenvalue weighted by Crippen LogP contribution is 2.36. The van der Waals surface area contributed by atoms with E-state index >= 15 is 0 Å². The maximum Gasteiger partial charge on any atom is 0.498 e. The molecule has 2 unspecified atom stereocenters. The van der Waals surface area contributed by atoms with E-state index in [4.69, 9.17) is 14.4 Å². The van der Waals surface area contributed by atoms with Crippen LogP contribution in [0.2, 0.25) is 0 Å². The molecule has 0 aliphatic carbocycles. The molecule has 1 aromatic heterocycles. The molecule has 2 aliphatic heterocycles. The van der Waals surface area contributed by atoms with Crippen LogP contribution in [0.25, 0.3) is 0 Å². The Hall–Kier alpha value is -1.75. The van der Waals surface area contributed by atoms with Crippen LogP contribution in [0.3, 0.4) is 0 Å². The van der Waals surface area contributed by atoms with Crippen LogP contribution in [-0.2, 0) is 14.1 Å². The monoisotopic (exact) mass is 378 g/mol. The minimum absolute atomic E-state index is 0.120. The predicted octanol–water partition coefficient (Wildman–Crippen LogP) is -1.18. The molecule has 1 amide bonds. The van der Waals surface area contributed by atoms with Gasteiger partial charge in [-0.05, 0) is 34.1 Å². The number of aliphatic hydroxyl groups is 2. The largest absolute Gasteiger partial charge is 0.498 e. The molecule has 3 heterocycles. The average molecular weight is 378 g/mol. The fourth-order valence-corrected chi connectivity index (χ4v) is 3.04. The molecular formula is C17H27BN4O5. The minimum Gasteiger partial charge on any atom is -0.399 e. The van der Waals surface area contributed by atoms with Crippen LogP contribution in [0.1, 0.15) is 34.1 Å². The lowest BCUT2D eigenvalue weighted by molar-refractivity contribution is -0.131. The Morgan fingerprint density at radius 2 is 1.93 bits per heavy atom.